The molecular formula is C17H16N4O2S. The van der Waals surface area contributed by atoms with Crippen molar-refractivity contribution in [2.24, 2.45) is 0 Å². The van der Waals surface area contributed by atoms with E-state index in [0.717, 1.165) is 28.8 Å². The number of rotatable bonds is 6. The van der Waals surface area contributed by atoms with Crippen molar-refractivity contribution in [2.45, 2.75) is 24.4 Å². The van der Waals surface area contributed by atoms with Crippen molar-refractivity contribution in [3.05, 3.63) is 70.3 Å². The highest BCUT2D eigenvalue weighted by Gasteiger charge is 2.14. The maximum absolute atomic E-state index is 10.8. The van der Waals surface area contributed by atoms with E-state index < -0.39 is 4.92 Å². The molecule has 2 aromatic carbocycles. The van der Waals surface area contributed by atoms with Crippen molar-refractivity contribution in [2.75, 3.05) is 0 Å². The molecule has 3 rings (SSSR count). The molecule has 0 bridgehead atoms. The summed E-state index contributed by atoms with van der Waals surface area (Å²) in [7, 11) is 0. The Kier molecular flexibility index (Phi) is 4.90. The quantitative estimate of drug-likeness (QED) is 0.382. The molecule has 7 heteroatoms. The molecule has 0 aliphatic rings. The molecule has 1 heterocycles. The minimum absolute atomic E-state index is 0.0694. The predicted molar refractivity (Wildman–Crippen MR) is 93.8 cm³/mol. The Balaban J connectivity index is 1.82. The Bertz CT molecular complexity index is 832. The average Bonchev–Trinajstić information content (AvgIpc) is 3.03. The first-order chi connectivity index (χ1) is 11.7. The summed E-state index contributed by atoms with van der Waals surface area (Å²) in [6, 6.07) is 16.6. The molecule has 24 heavy (non-hydrogen) atoms. The van der Waals surface area contributed by atoms with Crippen LogP contribution in [0.5, 0.6) is 0 Å². The van der Waals surface area contributed by atoms with Gasteiger partial charge in [-0.25, -0.2) is 0 Å². The lowest BCUT2D eigenvalue weighted by molar-refractivity contribution is -0.384. The van der Waals surface area contributed by atoms with E-state index in [4.69, 9.17) is 0 Å². The number of nitro benzene ring substituents is 1. The fourth-order valence-electron chi connectivity index (χ4n) is 2.35. The lowest BCUT2D eigenvalue weighted by Gasteiger charge is -2.07. The molecule has 0 saturated heterocycles. The molecule has 122 valence electrons. The largest absolute Gasteiger partial charge is 0.302 e. The fraction of sp³-hybridized carbons (Fsp3) is 0.176. The van der Waals surface area contributed by atoms with E-state index >= 15 is 0 Å². The molecule has 0 spiro atoms. The number of aromatic nitrogens is 3. The standard InChI is InChI=1S/C17H16N4O2S/c1-2-20-16(14-8-10-15(11-9-14)21(22)23)18-19-17(20)24-12-13-6-4-3-5-7-13/h3-11H,2,12H2,1H3. The number of nitrogens with zero attached hydrogens (tertiary/aromatic N) is 4. The van der Waals surface area contributed by atoms with Crippen LogP contribution in [-0.2, 0) is 12.3 Å². The molecule has 6 nitrogen and oxygen atoms in total. The number of benzene rings is 2. The van der Waals surface area contributed by atoms with Gasteiger partial charge in [0.1, 0.15) is 0 Å². The lowest BCUT2D eigenvalue weighted by Crippen LogP contribution is -2.00. The third kappa shape index (κ3) is 3.46. The Hall–Kier alpha value is -2.67. The molecule has 0 saturated carbocycles. The van der Waals surface area contributed by atoms with Crippen molar-refractivity contribution in [3.63, 3.8) is 0 Å². The van der Waals surface area contributed by atoms with Gasteiger partial charge in [-0.1, -0.05) is 42.1 Å². The molecule has 0 unspecified atom stereocenters. The van der Waals surface area contributed by atoms with Gasteiger partial charge < -0.3 is 4.57 Å². The van der Waals surface area contributed by atoms with Gasteiger partial charge in [-0.2, -0.15) is 0 Å². The first kappa shape index (κ1) is 16.2. The summed E-state index contributed by atoms with van der Waals surface area (Å²) < 4.78 is 2.02. The second-order valence-corrected chi connectivity index (χ2v) is 6.07. The Morgan fingerprint density at radius 3 is 2.42 bits per heavy atom. The van der Waals surface area contributed by atoms with E-state index in [1.165, 1.54) is 17.7 Å². The van der Waals surface area contributed by atoms with Gasteiger partial charge in [-0.15, -0.1) is 10.2 Å². The summed E-state index contributed by atoms with van der Waals surface area (Å²) in [5, 5.41) is 20.2. The SMILES string of the molecule is CCn1c(SCc2ccccc2)nnc1-c1ccc([N+](=O)[O-])cc1. The number of hydrogen-bond donors (Lipinski definition) is 0. The van der Waals surface area contributed by atoms with E-state index in [2.05, 4.69) is 22.3 Å². The van der Waals surface area contributed by atoms with Crippen LogP contribution in [0.1, 0.15) is 12.5 Å². The third-order valence-corrected chi connectivity index (χ3v) is 4.62. The topological polar surface area (TPSA) is 73.8 Å². The Morgan fingerprint density at radius 1 is 1.08 bits per heavy atom. The van der Waals surface area contributed by atoms with Crippen LogP contribution in [0, 0.1) is 10.1 Å². The molecule has 0 amide bonds. The monoisotopic (exact) mass is 340 g/mol. The molecule has 3 aromatic rings. The van der Waals surface area contributed by atoms with E-state index in [-0.39, 0.29) is 5.69 Å². The summed E-state index contributed by atoms with van der Waals surface area (Å²) in [5.41, 5.74) is 2.12. The minimum atomic E-state index is -0.407. The normalized spacial score (nSPS) is 10.7. The average molecular weight is 340 g/mol. The third-order valence-electron chi connectivity index (χ3n) is 3.58. The minimum Gasteiger partial charge on any atom is -0.302 e. The summed E-state index contributed by atoms with van der Waals surface area (Å²) in [6.45, 7) is 2.77. The van der Waals surface area contributed by atoms with Gasteiger partial charge in [0.05, 0.1) is 4.92 Å². The fourth-order valence-corrected chi connectivity index (χ4v) is 3.31. The van der Waals surface area contributed by atoms with Crippen molar-refractivity contribution >= 4 is 17.4 Å². The van der Waals surface area contributed by atoms with Crippen molar-refractivity contribution < 1.29 is 4.92 Å². The van der Waals surface area contributed by atoms with E-state index in [0.29, 0.717) is 0 Å². The first-order valence-corrected chi connectivity index (χ1v) is 8.52. The molecule has 0 aliphatic heterocycles. The summed E-state index contributed by atoms with van der Waals surface area (Å²) in [5.74, 6) is 1.54. The van der Waals surface area contributed by atoms with Crippen LogP contribution in [0.15, 0.2) is 59.8 Å². The smallest absolute Gasteiger partial charge is 0.269 e. The summed E-state index contributed by atoms with van der Waals surface area (Å²) >= 11 is 1.63. The van der Waals surface area contributed by atoms with Gasteiger partial charge >= 0.3 is 0 Å². The Morgan fingerprint density at radius 2 is 1.79 bits per heavy atom. The maximum atomic E-state index is 10.8. The van der Waals surface area contributed by atoms with E-state index in [9.17, 15) is 10.1 Å². The van der Waals surface area contributed by atoms with Crippen LogP contribution in [0.25, 0.3) is 11.4 Å². The maximum Gasteiger partial charge on any atom is 0.269 e. The zero-order valence-electron chi connectivity index (χ0n) is 13.1. The molecule has 0 aliphatic carbocycles. The van der Waals surface area contributed by atoms with Crippen LogP contribution in [0.4, 0.5) is 5.69 Å². The molecule has 1 aromatic heterocycles. The highest BCUT2D eigenvalue weighted by atomic mass is 32.2. The zero-order valence-corrected chi connectivity index (χ0v) is 13.9. The van der Waals surface area contributed by atoms with E-state index in [1.54, 1.807) is 23.9 Å². The van der Waals surface area contributed by atoms with Crippen LogP contribution in [0.2, 0.25) is 0 Å². The van der Waals surface area contributed by atoms with Crippen LogP contribution in [0.3, 0.4) is 0 Å². The summed E-state index contributed by atoms with van der Waals surface area (Å²) in [6.07, 6.45) is 0. The number of nitro groups is 1. The highest BCUT2D eigenvalue weighted by Crippen LogP contribution is 2.27. The second kappa shape index (κ2) is 7.27. The summed E-state index contributed by atoms with van der Waals surface area (Å²) in [4.78, 5) is 10.4. The Labute approximate surface area is 143 Å². The number of thioether (sulfide) groups is 1. The highest BCUT2D eigenvalue weighted by molar-refractivity contribution is 7.98. The van der Waals surface area contributed by atoms with Gasteiger partial charge in [0.15, 0.2) is 11.0 Å². The number of hydrogen-bond acceptors (Lipinski definition) is 5. The molecule has 0 atom stereocenters. The van der Waals surface area contributed by atoms with Gasteiger partial charge in [-0.3, -0.25) is 10.1 Å². The van der Waals surface area contributed by atoms with E-state index in [1.807, 2.05) is 29.7 Å². The van der Waals surface area contributed by atoms with Crippen molar-refractivity contribution in [1.82, 2.24) is 14.8 Å². The first-order valence-electron chi connectivity index (χ1n) is 7.53. The van der Waals surface area contributed by atoms with Gasteiger partial charge in [0.25, 0.3) is 5.69 Å². The van der Waals surface area contributed by atoms with Crippen LogP contribution < -0.4 is 0 Å². The molecule has 0 N–H and O–H groups in total. The van der Waals surface area contributed by atoms with Gasteiger partial charge in [-0.05, 0) is 24.6 Å². The molecular weight excluding hydrogens is 324 g/mol. The second-order valence-electron chi connectivity index (χ2n) is 5.13. The molecule has 0 radical (unpaired) electrons. The lowest BCUT2D eigenvalue weighted by atomic mass is 10.2. The number of non-ortho nitro benzene ring substituents is 1. The van der Waals surface area contributed by atoms with Gasteiger partial charge in [0.2, 0.25) is 0 Å². The predicted octanol–water partition coefficient (Wildman–Crippen LogP) is 4.17. The van der Waals surface area contributed by atoms with Crippen LogP contribution in [-0.4, -0.2) is 19.7 Å². The van der Waals surface area contributed by atoms with Crippen LogP contribution >= 0.6 is 11.8 Å². The molecule has 0 fully saturated rings. The zero-order chi connectivity index (χ0) is 16.9. The van der Waals surface area contributed by atoms with Gasteiger partial charge in [0, 0.05) is 30.0 Å². The van der Waals surface area contributed by atoms with Crippen molar-refractivity contribution in [1.29, 1.82) is 0 Å². The van der Waals surface area contributed by atoms with Crippen molar-refractivity contribution in [3.8, 4) is 11.4 Å².